The van der Waals surface area contributed by atoms with E-state index in [9.17, 15) is 21.6 Å². The van der Waals surface area contributed by atoms with Gasteiger partial charge in [-0.15, -0.1) is 0 Å². The van der Waals surface area contributed by atoms with E-state index in [0.29, 0.717) is 10.6 Å². The highest BCUT2D eigenvalue weighted by atomic mass is 35.5. The number of rotatable bonds is 11. The van der Waals surface area contributed by atoms with Gasteiger partial charge in [0.15, 0.2) is 0 Å². The van der Waals surface area contributed by atoms with Crippen LogP contribution in [0, 0.1) is 13.8 Å². The number of hydrogen-bond acceptors (Lipinski definition) is 5. The van der Waals surface area contributed by atoms with Crippen molar-refractivity contribution in [2.45, 2.75) is 30.2 Å². The van der Waals surface area contributed by atoms with Crippen LogP contribution >= 0.6 is 23.2 Å². The van der Waals surface area contributed by atoms with Gasteiger partial charge in [-0.3, -0.25) is 4.79 Å². The van der Waals surface area contributed by atoms with Crippen LogP contribution in [0.15, 0.2) is 76.5 Å². The van der Waals surface area contributed by atoms with Crippen molar-refractivity contribution in [3.05, 3.63) is 93.5 Å². The maximum Gasteiger partial charge on any atom is 0.243 e. The number of sulfonamides is 2. The Bertz CT molecular complexity index is 1460. The van der Waals surface area contributed by atoms with E-state index >= 15 is 0 Å². The third kappa shape index (κ3) is 8.00. The van der Waals surface area contributed by atoms with Gasteiger partial charge in [-0.1, -0.05) is 64.7 Å². The Labute approximate surface area is 227 Å². The zero-order valence-corrected chi connectivity index (χ0v) is 23.4. The third-order valence-electron chi connectivity index (χ3n) is 5.41. The van der Waals surface area contributed by atoms with E-state index in [2.05, 4.69) is 10.0 Å². The Morgan fingerprint density at radius 2 is 1.38 bits per heavy atom. The van der Waals surface area contributed by atoms with Crippen molar-refractivity contribution >= 4 is 49.2 Å². The molecule has 0 saturated heterocycles. The van der Waals surface area contributed by atoms with Gasteiger partial charge in [0.25, 0.3) is 0 Å². The van der Waals surface area contributed by atoms with Gasteiger partial charge in [-0.2, -0.15) is 4.31 Å². The molecule has 0 spiro atoms. The number of hydrogen-bond donors (Lipinski definition) is 2. The molecule has 0 aliphatic rings. The number of amides is 1. The Balaban J connectivity index is 1.69. The van der Waals surface area contributed by atoms with E-state index in [1.54, 1.807) is 36.4 Å². The molecule has 0 radical (unpaired) electrons. The van der Waals surface area contributed by atoms with E-state index in [0.717, 1.165) is 15.4 Å². The summed E-state index contributed by atoms with van der Waals surface area (Å²) < 4.78 is 55.0. The maximum absolute atomic E-state index is 13.4. The standard InChI is InChI=1S/C25H27Cl2N3O5S2/c1-18-3-9-22(10-4-18)36(32,33)29-14-13-28-25(31)17-30(16-20-7-8-21(26)15-24(20)27)37(34,35)23-11-5-19(2)6-12-23/h3-12,15,29H,13-14,16-17H2,1-2H3,(H,28,31). The summed E-state index contributed by atoms with van der Waals surface area (Å²) in [6, 6.07) is 17.3. The molecule has 1 amide bonds. The van der Waals surface area contributed by atoms with Gasteiger partial charge in [0.1, 0.15) is 0 Å². The van der Waals surface area contributed by atoms with Gasteiger partial charge in [0, 0.05) is 29.7 Å². The zero-order valence-electron chi connectivity index (χ0n) is 20.2. The van der Waals surface area contributed by atoms with E-state index in [1.807, 2.05) is 13.8 Å². The minimum atomic E-state index is -4.06. The number of carbonyl (C=O) groups is 1. The van der Waals surface area contributed by atoms with Crippen molar-refractivity contribution in [3.63, 3.8) is 0 Å². The predicted molar refractivity (Wildman–Crippen MR) is 145 cm³/mol. The van der Waals surface area contributed by atoms with Gasteiger partial charge in [0.2, 0.25) is 26.0 Å². The van der Waals surface area contributed by atoms with E-state index in [1.165, 1.54) is 30.3 Å². The van der Waals surface area contributed by atoms with Crippen LogP contribution in [0.4, 0.5) is 0 Å². The van der Waals surface area contributed by atoms with Gasteiger partial charge in [0.05, 0.1) is 16.3 Å². The number of nitrogens with zero attached hydrogens (tertiary/aromatic N) is 1. The van der Waals surface area contributed by atoms with Crippen LogP contribution in [0.3, 0.4) is 0 Å². The molecule has 0 aliphatic carbocycles. The highest BCUT2D eigenvalue weighted by molar-refractivity contribution is 7.89. The number of benzene rings is 3. The van der Waals surface area contributed by atoms with Crippen LogP contribution in [0.2, 0.25) is 10.0 Å². The highest BCUT2D eigenvalue weighted by Gasteiger charge is 2.27. The average Bonchev–Trinajstić information content (AvgIpc) is 2.83. The summed E-state index contributed by atoms with van der Waals surface area (Å²) >= 11 is 12.2. The van der Waals surface area contributed by atoms with Crippen LogP contribution in [0.25, 0.3) is 0 Å². The molecule has 0 atom stereocenters. The molecule has 3 aromatic rings. The van der Waals surface area contributed by atoms with Crippen molar-refractivity contribution in [3.8, 4) is 0 Å². The molecule has 0 aromatic heterocycles. The largest absolute Gasteiger partial charge is 0.354 e. The van der Waals surface area contributed by atoms with Crippen LogP contribution in [-0.2, 0) is 31.4 Å². The summed E-state index contributed by atoms with van der Waals surface area (Å²) in [4.78, 5) is 12.8. The second-order valence-corrected chi connectivity index (χ2v) is 12.9. The molecule has 3 aromatic carbocycles. The monoisotopic (exact) mass is 583 g/mol. The molecule has 198 valence electrons. The fourth-order valence-electron chi connectivity index (χ4n) is 3.33. The number of aryl methyl sites for hydroxylation is 2. The van der Waals surface area contributed by atoms with E-state index in [-0.39, 0.29) is 34.4 Å². The Kier molecular flexibility index (Phi) is 9.74. The number of halogens is 2. The summed E-state index contributed by atoms with van der Waals surface area (Å²) in [7, 11) is -7.80. The molecule has 0 fully saturated rings. The van der Waals surface area contributed by atoms with Crippen LogP contribution < -0.4 is 10.0 Å². The lowest BCUT2D eigenvalue weighted by molar-refractivity contribution is -0.121. The van der Waals surface area contributed by atoms with Gasteiger partial charge >= 0.3 is 0 Å². The summed E-state index contributed by atoms with van der Waals surface area (Å²) in [5.41, 5.74) is 2.29. The summed E-state index contributed by atoms with van der Waals surface area (Å²) in [6.07, 6.45) is 0. The maximum atomic E-state index is 13.4. The zero-order chi connectivity index (χ0) is 27.2. The minimum Gasteiger partial charge on any atom is -0.354 e. The molecule has 0 unspecified atom stereocenters. The molecular weight excluding hydrogens is 557 g/mol. The van der Waals surface area contributed by atoms with Crippen molar-refractivity contribution < 1.29 is 21.6 Å². The van der Waals surface area contributed by atoms with Gasteiger partial charge in [-0.05, 0) is 55.8 Å². The fourth-order valence-corrected chi connectivity index (χ4v) is 6.20. The molecule has 0 aliphatic heterocycles. The smallest absolute Gasteiger partial charge is 0.243 e. The number of carbonyl (C=O) groups excluding carboxylic acids is 1. The number of nitrogens with one attached hydrogen (secondary N) is 2. The first-order chi connectivity index (χ1) is 17.4. The second-order valence-electron chi connectivity index (χ2n) is 8.38. The summed E-state index contributed by atoms with van der Waals surface area (Å²) in [6.45, 7) is 2.91. The lowest BCUT2D eigenvalue weighted by Crippen LogP contribution is -2.42. The fraction of sp³-hybridized carbons (Fsp3) is 0.240. The minimum absolute atomic E-state index is 0.0295. The Morgan fingerprint density at radius 3 is 1.95 bits per heavy atom. The molecule has 2 N–H and O–H groups in total. The van der Waals surface area contributed by atoms with E-state index < -0.39 is 32.5 Å². The Hall–Kier alpha value is -2.47. The molecule has 0 heterocycles. The Morgan fingerprint density at radius 1 is 0.811 bits per heavy atom. The first-order valence-electron chi connectivity index (χ1n) is 11.2. The van der Waals surface area contributed by atoms with Crippen molar-refractivity contribution in [1.82, 2.24) is 14.3 Å². The first kappa shape index (κ1) is 29.1. The van der Waals surface area contributed by atoms with Crippen LogP contribution in [0.5, 0.6) is 0 Å². The highest BCUT2D eigenvalue weighted by Crippen LogP contribution is 2.25. The average molecular weight is 585 g/mol. The predicted octanol–water partition coefficient (Wildman–Crippen LogP) is 3.90. The quantitative estimate of drug-likeness (QED) is 0.332. The van der Waals surface area contributed by atoms with E-state index in [4.69, 9.17) is 23.2 Å². The molecular formula is C25H27Cl2N3O5S2. The summed E-state index contributed by atoms with van der Waals surface area (Å²) in [5.74, 6) is -0.602. The molecule has 12 heteroatoms. The van der Waals surface area contributed by atoms with Crippen LogP contribution in [0.1, 0.15) is 16.7 Å². The molecule has 8 nitrogen and oxygen atoms in total. The molecule has 3 rings (SSSR count). The first-order valence-corrected chi connectivity index (χ1v) is 14.9. The second kappa shape index (κ2) is 12.4. The van der Waals surface area contributed by atoms with Crippen molar-refractivity contribution in [2.24, 2.45) is 0 Å². The van der Waals surface area contributed by atoms with Crippen LogP contribution in [-0.4, -0.2) is 46.7 Å². The summed E-state index contributed by atoms with van der Waals surface area (Å²) in [5, 5.41) is 3.22. The SMILES string of the molecule is Cc1ccc(S(=O)(=O)NCCNC(=O)CN(Cc2ccc(Cl)cc2Cl)S(=O)(=O)c2ccc(C)cc2)cc1. The van der Waals surface area contributed by atoms with Crippen molar-refractivity contribution in [1.29, 1.82) is 0 Å². The normalized spacial score (nSPS) is 12.0. The van der Waals surface area contributed by atoms with Gasteiger partial charge < -0.3 is 5.32 Å². The molecule has 37 heavy (non-hydrogen) atoms. The molecule has 0 saturated carbocycles. The third-order valence-corrected chi connectivity index (χ3v) is 9.28. The topological polar surface area (TPSA) is 113 Å². The lowest BCUT2D eigenvalue weighted by atomic mass is 10.2. The van der Waals surface area contributed by atoms with Gasteiger partial charge in [-0.25, -0.2) is 21.6 Å². The lowest BCUT2D eigenvalue weighted by Gasteiger charge is -2.22. The van der Waals surface area contributed by atoms with Crippen molar-refractivity contribution in [2.75, 3.05) is 19.6 Å². The molecule has 0 bridgehead atoms.